The molecule has 0 aliphatic heterocycles. The van der Waals surface area contributed by atoms with E-state index in [0.29, 0.717) is 23.8 Å². The van der Waals surface area contributed by atoms with Crippen molar-refractivity contribution in [3.63, 3.8) is 0 Å². The molecule has 0 radical (unpaired) electrons. The number of amides is 1. The van der Waals surface area contributed by atoms with E-state index >= 15 is 0 Å². The predicted octanol–water partition coefficient (Wildman–Crippen LogP) is 3.40. The Morgan fingerprint density at radius 2 is 1.88 bits per heavy atom. The average molecular weight is 321 g/mol. The maximum absolute atomic E-state index is 12.6. The molecule has 3 rings (SSSR count). The zero-order chi connectivity index (χ0) is 16.9. The summed E-state index contributed by atoms with van der Waals surface area (Å²) in [7, 11) is 0. The number of carbonyl (C=O) groups is 1. The highest BCUT2D eigenvalue weighted by Crippen LogP contribution is 2.18. The Bertz CT molecular complexity index is 827. The number of nitrogens with one attached hydrogen (secondary N) is 1. The SMILES string of the molecule is Cc1cccc(C(=O)NC(Cc2ccccc2)c2nnc(C)o2)c1. The number of rotatable bonds is 5. The maximum atomic E-state index is 12.6. The Morgan fingerprint density at radius 3 is 2.54 bits per heavy atom. The van der Waals surface area contributed by atoms with Crippen LogP contribution in [0, 0.1) is 13.8 Å². The zero-order valence-corrected chi connectivity index (χ0v) is 13.7. The van der Waals surface area contributed by atoms with Crippen molar-refractivity contribution in [3.05, 3.63) is 83.1 Å². The van der Waals surface area contributed by atoms with Crippen LogP contribution in [0.2, 0.25) is 0 Å². The van der Waals surface area contributed by atoms with Crippen molar-refractivity contribution < 1.29 is 9.21 Å². The molecule has 5 nitrogen and oxygen atoms in total. The maximum Gasteiger partial charge on any atom is 0.251 e. The molecule has 1 aromatic heterocycles. The van der Waals surface area contributed by atoms with Crippen molar-refractivity contribution in [1.29, 1.82) is 0 Å². The van der Waals surface area contributed by atoms with Crippen molar-refractivity contribution in [2.75, 3.05) is 0 Å². The summed E-state index contributed by atoms with van der Waals surface area (Å²) in [4.78, 5) is 12.6. The van der Waals surface area contributed by atoms with Gasteiger partial charge in [-0.15, -0.1) is 10.2 Å². The first-order valence-electron chi connectivity index (χ1n) is 7.83. The highest BCUT2D eigenvalue weighted by atomic mass is 16.4. The van der Waals surface area contributed by atoms with Crippen LogP contribution >= 0.6 is 0 Å². The molecule has 1 heterocycles. The number of nitrogens with zero attached hydrogens (tertiary/aromatic N) is 2. The molecule has 0 bridgehead atoms. The largest absolute Gasteiger partial charge is 0.423 e. The van der Waals surface area contributed by atoms with Crippen LogP contribution in [-0.4, -0.2) is 16.1 Å². The second-order valence-electron chi connectivity index (χ2n) is 5.74. The van der Waals surface area contributed by atoms with Gasteiger partial charge in [-0.2, -0.15) is 0 Å². The van der Waals surface area contributed by atoms with E-state index in [9.17, 15) is 4.79 Å². The van der Waals surface area contributed by atoms with E-state index in [-0.39, 0.29) is 11.9 Å². The quantitative estimate of drug-likeness (QED) is 0.782. The van der Waals surface area contributed by atoms with Crippen LogP contribution in [-0.2, 0) is 6.42 Å². The van der Waals surface area contributed by atoms with Gasteiger partial charge in [0, 0.05) is 18.9 Å². The Kier molecular flexibility index (Phi) is 4.70. The van der Waals surface area contributed by atoms with Gasteiger partial charge in [0.25, 0.3) is 5.91 Å². The molecule has 24 heavy (non-hydrogen) atoms. The highest BCUT2D eigenvalue weighted by Gasteiger charge is 2.21. The molecule has 1 atom stereocenters. The van der Waals surface area contributed by atoms with Crippen molar-refractivity contribution in [1.82, 2.24) is 15.5 Å². The highest BCUT2D eigenvalue weighted by molar-refractivity contribution is 5.94. The van der Waals surface area contributed by atoms with E-state index in [4.69, 9.17) is 4.42 Å². The standard InChI is InChI=1S/C19H19N3O2/c1-13-7-6-10-16(11-13)18(23)20-17(19-22-21-14(2)24-19)12-15-8-4-3-5-9-15/h3-11,17H,12H2,1-2H3,(H,20,23). The lowest BCUT2D eigenvalue weighted by Crippen LogP contribution is -2.30. The number of hydrogen-bond acceptors (Lipinski definition) is 4. The third-order valence-electron chi connectivity index (χ3n) is 3.71. The summed E-state index contributed by atoms with van der Waals surface area (Å²) in [6.07, 6.45) is 0.583. The summed E-state index contributed by atoms with van der Waals surface area (Å²) < 4.78 is 5.54. The minimum Gasteiger partial charge on any atom is -0.423 e. The second kappa shape index (κ2) is 7.08. The summed E-state index contributed by atoms with van der Waals surface area (Å²) in [5.41, 5.74) is 2.74. The molecule has 2 aromatic carbocycles. The second-order valence-corrected chi connectivity index (χ2v) is 5.74. The third-order valence-corrected chi connectivity index (χ3v) is 3.71. The van der Waals surface area contributed by atoms with Gasteiger partial charge in [0.15, 0.2) is 0 Å². The van der Waals surface area contributed by atoms with E-state index in [2.05, 4.69) is 15.5 Å². The van der Waals surface area contributed by atoms with Gasteiger partial charge in [-0.3, -0.25) is 4.79 Å². The van der Waals surface area contributed by atoms with Crippen molar-refractivity contribution in [3.8, 4) is 0 Å². The van der Waals surface area contributed by atoms with Crippen molar-refractivity contribution >= 4 is 5.91 Å². The normalized spacial score (nSPS) is 11.9. The van der Waals surface area contributed by atoms with Crippen LogP contribution in [0.5, 0.6) is 0 Å². The number of aromatic nitrogens is 2. The van der Waals surface area contributed by atoms with Gasteiger partial charge in [-0.25, -0.2) is 0 Å². The van der Waals surface area contributed by atoms with Crippen LogP contribution in [0.15, 0.2) is 59.0 Å². The number of carbonyl (C=O) groups excluding carboxylic acids is 1. The summed E-state index contributed by atoms with van der Waals surface area (Å²) in [6, 6.07) is 17.0. The Labute approximate surface area is 140 Å². The van der Waals surface area contributed by atoms with Crippen LogP contribution in [0.1, 0.15) is 39.3 Å². The van der Waals surface area contributed by atoms with E-state index < -0.39 is 0 Å². The van der Waals surface area contributed by atoms with Gasteiger partial charge >= 0.3 is 0 Å². The molecule has 0 saturated carbocycles. The first-order chi connectivity index (χ1) is 11.6. The smallest absolute Gasteiger partial charge is 0.251 e. The van der Waals surface area contributed by atoms with Gasteiger partial charge in [0.1, 0.15) is 6.04 Å². The monoisotopic (exact) mass is 321 g/mol. The van der Waals surface area contributed by atoms with E-state index in [1.165, 1.54) is 0 Å². The summed E-state index contributed by atoms with van der Waals surface area (Å²) in [5, 5.41) is 11.0. The number of aryl methyl sites for hydroxylation is 2. The molecule has 0 aliphatic carbocycles. The first kappa shape index (κ1) is 15.9. The zero-order valence-electron chi connectivity index (χ0n) is 13.7. The van der Waals surface area contributed by atoms with E-state index in [0.717, 1.165) is 11.1 Å². The van der Waals surface area contributed by atoms with Crippen LogP contribution in [0.4, 0.5) is 0 Å². The van der Waals surface area contributed by atoms with Crippen molar-refractivity contribution in [2.24, 2.45) is 0 Å². The Hall–Kier alpha value is -2.95. The molecule has 5 heteroatoms. The molecule has 0 fully saturated rings. The van der Waals surface area contributed by atoms with E-state index in [1.54, 1.807) is 13.0 Å². The molecule has 0 saturated heterocycles. The van der Waals surface area contributed by atoms with Gasteiger partial charge in [0.2, 0.25) is 11.8 Å². The molecule has 1 amide bonds. The molecule has 122 valence electrons. The minimum absolute atomic E-state index is 0.157. The fourth-order valence-corrected chi connectivity index (χ4v) is 2.53. The number of benzene rings is 2. The molecule has 1 unspecified atom stereocenters. The van der Waals surface area contributed by atoms with Gasteiger partial charge in [-0.1, -0.05) is 48.0 Å². The lowest BCUT2D eigenvalue weighted by atomic mass is 10.0. The minimum atomic E-state index is -0.374. The van der Waals surface area contributed by atoms with Gasteiger partial charge in [-0.05, 0) is 24.6 Å². The summed E-state index contributed by atoms with van der Waals surface area (Å²) in [5.74, 6) is 0.737. The Balaban J connectivity index is 1.83. The predicted molar refractivity (Wildman–Crippen MR) is 90.6 cm³/mol. The van der Waals surface area contributed by atoms with Crippen LogP contribution in [0.3, 0.4) is 0 Å². The van der Waals surface area contributed by atoms with Crippen molar-refractivity contribution in [2.45, 2.75) is 26.3 Å². The molecular weight excluding hydrogens is 302 g/mol. The molecule has 0 aliphatic rings. The lowest BCUT2D eigenvalue weighted by molar-refractivity contribution is 0.0929. The number of hydrogen-bond donors (Lipinski definition) is 1. The van der Waals surface area contributed by atoms with E-state index in [1.807, 2.05) is 55.5 Å². The topological polar surface area (TPSA) is 68.0 Å². The summed E-state index contributed by atoms with van der Waals surface area (Å²) in [6.45, 7) is 3.69. The van der Waals surface area contributed by atoms with Crippen LogP contribution < -0.4 is 5.32 Å². The molecule has 1 N–H and O–H groups in total. The third kappa shape index (κ3) is 3.87. The van der Waals surface area contributed by atoms with Crippen LogP contribution in [0.25, 0.3) is 0 Å². The van der Waals surface area contributed by atoms with Gasteiger partial charge in [0.05, 0.1) is 0 Å². The lowest BCUT2D eigenvalue weighted by Gasteiger charge is -2.15. The van der Waals surface area contributed by atoms with Gasteiger partial charge < -0.3 is 9.73 Å². The fourth-order valence-electron chi connectivity index (χ4n) is 2.53. The molecule has 0 spiro atoms. The fraction of sp³-hybridized carbons (Fsp3) is 0.211. The molecular formula is C19H19N3O2. The average Bonchev–Trinajstić information content (AvgIpc) is 3.01. The molecule has 3 aromatic rings. The summed E-state index contributed by atoms with van der Waals surface area (Å²) >= 11 is 0. The first-order valence-corrected chi connectivity index (χ1v) is 7.83. The Morgan fingerprint density at radius 1 is 1.08 bits per heavy atom.